The quantitative estimate of drug-likeness (QED) is 0.424. The SMILES string of the molecule is Cc1cc(N)c(N(N)CC(C)(C)O)c(C#N)c1F. The highest BCUT2D eigenvalue weighted by Crippen LogP contribution is 2.31. The molecule has 0 fully saturated rings. The molecule has 0 spiro atoms. The number of aryl methyl sites for hydroxylation is 1. The second-order valence-electron chi connectivity index (χ2n) is 4.87. The monoisotopic (exact) mass is 252 g/mol. The number of benzene rings is 1. The highest BCUT2D eigenvalue weighted by atomic mass is 19.1. The zero-order valence-corrected chi connectivity index (χ0v) is 10.7. The number of hydrogen-bond acceptors (Lipinski definition) is 5. The van der Waals surface area contributed by atoms with Gasteiger partial charge in [0.25, 0.3) is 0 Å². The Balaban J connectivity index is 3.33. The van der Waals surface area contributed by atoms with E-state index in [2.05, 4.69) is 0 Å². The minimum atomic E-state index is -1.09. The van der Waals surface area contributed by atoms with Crippen molar-refractivity contribution in [2.24, 2.45) is 5.84 Å². The summed E-state index contributed by atoms with van der Waals surface area (Å²) in [6, 6.07) is 3.17. The summed E-state index contributed by atoms with van der Waals surface area (Å²) in [6.07, 6.45) is 0. The normalized spacial score (nSPS) is 11.2. The number of nitrogen functional groups attached to an aromatic ring is 1. The lowest BCUT2D eigenvalue weighted by Gasteiger charge is -2.28. The molecule has 0 saturated heterocycles. The van der Waals surface area contributed by atoms with Gasteiger partial charge in [-0.15, -0.1) is 0 Å². The Morgan fingerprint density at radius 2 is 2.11 bits per heavy atom. The van der Waals surface area contributed by atoms with E-state index in [0.29, 0.717) is 0 Å². The highest BCUT2D eigenvalue weighted by Gasteiger charge is 2.23. The molecule has 0 radical (unpaired) electrons. The fourth-order valence-electron chi connectivity index (χ4n) is 1.72. The molecule has 0 aliphatic heterocycles. The molecule has 0 saturated carbocycles. The summed E-state index contributed by atoms with van der Waals surface area (Å²) in [4.78, 5) is 0. The minimum absolute atomic E-state index is 0.0222. The molecule has 5 nitrogen and oxygen atoms in total. The Morgan fingerprint density at radius 3 is 2.56 bits per heavy atom. The van der Waals surface area contributed by atoms with Gasteiger partial charge in [-0.3, -0.25) is 0 Å². The fraction of sp³-hybridized carbons (Fsp3) is 0.417. The summed E-state index contributed by atoms with van der Waals surface area (Å²) >= 11 is 0. The Kier molecular flexibility index (Phi) is 3.79. The number of hydrazine groups is 1. The molecule has 0 bridgehead atoms. The highest BCUT2D eigenvalue weighted by molar-refractivity contribution is 5.75. The summed E-state index contributed by atoms with van der Waals surface area (Å²) in [5, 5.41) is 19.8. The van der Waals surface area contributed by atoms with Gasteiger partial charge in [0.1, 0.15) is 17.4 Å². The second kappa shape index (κ2) is 4.80. The molecule has 0 heterocycles. The molecule has 0 amide bonds. The summed E-state index contributed by atoms with van der Waals surface area (Å²) < 4.78 is 13.8. The summed E-state index contributed by atoms with van der Waals surface area (Å²) in [5.74, 6) is 5.11. The van der Waals surface area contributed by atoms with Crippen LogP contribution in [-0.2, 0) is 0 Å². The number of hydrogen-bond donors (Lipinski definition) is 3. The summed E-state index contributed by atoms with van der Waals surface area (Å²) in [5.41, 5.74) is 5.06. The number of rotatable bonds is 3. The lowest BCUT2D eigenvalue weighted by molar-refractivity contribution is 0.0874. The van der Waals surface area contributed by atoms with E-state index in [1.54, 1.807) is 19.9 Å². The number of aliphatic hydroxyl groups is 1. The first-order chi connectivity index (χ1) is 8.17. The number of nitrogens with two attached hydrogens (primary N) is 2. The topological polar surface area (TPSA) is 99.3 Å². The molecule has 1 aromatic rings. The zero-order valence-electron chi connectivity index (χ0n) is 10.7. The molecule has 0 atom stereocenters. The van der Waals surface area contributed by atoms with Gasteiger partial charge in [0.05, 0.1) is 23.5 Å². The van der Waals surface area contributed by atoms with Gasteiger partial charge in [-0.1, -0.05) is 0 Å². The van der Waals surface area contributed by atoms with E-state index in [9.17, 15) is 9.50 Å². The van der Waals surface area contributed by atoms with E-state index in [0.717, 1.165) is 5.01 Å². The Bertz CT molecular complexity index is 502. The first kappa shape index (κ1) is 14.2. The molecule has 0 aromatic heterocycles. The third-order valence-electron chi connectivity index (χ3n) is 2.40. The van der Waals surface area contributed by atoms with Gasteiger partial charge in [0.2, 0.25) is 0 Å². The van der Waals surface area contributed by atoms with Crippen LogP contribution in [0.1, 0.15) is 25.0 Å². The van der Waals surface area contributed by atoms with Crippen LogP contribution in [-0.4, -0.2) is 17.3 Å². The van der Waals surface area contributed by atoms with Crippen LogP contribution in [0.25, 0.3) is 0 Å². The van der Waals surface area contributed by atoms with Crippen LogP contribution in [0.4, 0.5) is 15.8 Å². The van der Waals surface area contributed by atoms with E-state index >= 15 is 0 Å². The van der Waals surface area contributed by atoms with Gasteiger partial charge in [-0.2, -0.15) is 5.26 Å². The van der Waals surface area contributed by atoms with Gasteiger partial charge in [-0.05, 0) is 32.4 Å². The maximum Gasteiger partial charge on any atom is 0.146 e. The molecule has 6 heteroatoms. The van der Waals surface area contributed by atoms with Crippen LogP contribution < -0.4 is 16.6 Å². The van der Waals surface area contributed by atoms with E-state index in [1.807, 2.05) is 0 Å². The van der Waals surface area contributed by atoms with Crippen LogP contribution >= 0.6 is 0 Å². The Labute approximate surface area is 105 Å². The van der Waals surface area contributed by atoms with E-state index in [1.165, 1.54) is 13.0 Å². The van der Waals surface area contributed by atoms with Crippen molar-refractivity contribution in [3.63, 3.8) is 0 Å². The molecule has 1 rings (SSSR count). The standard InChI is InChI=1S/C12H17FN4O/c1-7-4-9(15)11(8(5-14)10(7)13)17(16)6-12(2,3)18/h4,18H,6,15-16H2,1-3H3. The number of nitrogens with zero attached hydrogens (tertiary/aromatic N) is 2. The van der Waals surface area contributed by atoms with Crippen LogP contribution in [0.3, 0.4) is 0 Å². The summed E-state index contributed by atoms with van der Waals surface area (Å²) in [7, 11) is 0. The van der Waals surface area contributed by atoms with E-state index < -0.39 is 11.4 Å². The smallest absolute Gasteiger partial charge is 0.146 e. The molecular formula is C12H17FN4O. The third kappa shape index (κ3) is 2.88. The number of anilines is 2. The van der Waals surface area contributed by atoms with Gasteiger partial charge in [-0.25, -0.2) is 10.2 Å². The third-order valence-corrected chi connectivity index (χ3v) is 2.40. The molecule has 98 valence electrons. The number of nitriles is 1. The molecule has 5 N–H and O–H groups in total. The average molecular weight is 252 g/mol. The maximum atomic E-state index is 13.8. The number of halogens is 1. The van der Waals surface area contributed by atoms with Crippen molar-refractivity contribution in [2.75, 3.05) is 17.3 Å². The summed E-state index contributed by atoms with van der Waals surface area (Å²) in [6.45, 7) is 4.65. The molecule has 0 aliphatic carbocycles. The van der Waals surface area contributed by atoms with Gasteiger partial charge in [0, 0.05) is 0 Å². The largest absolute Gasteiger partial charge is 0.397 e. The van der Waals surface area contributed by atoms with Crippen LogP contribution in [0, 0.1) is 24.1 Å². The van der Waals surface area contributed by atoms with Gasteiger partial charge >= 0.3 is 0 Å². The van der Waals surface area contributed by atoms with Crippen molar-refractivity contribution in [2.45, 2.75) is 26.4 Å². The second-order valence-corrected chi connectivity index (χ2v) is 4.87. The minimum Gasteiger partial charge on any atom is -0.397 e. The average Bonchev–Trinajstić information content (AvgIpc) is 2.19. The molecular weight excluding hydrogens is 235 g/mol. The lowest BCUT2D eigenvalue weighted by Crippen LogP contribution is -2.43. The first-order valence-corrected chi connectivity index (χ1v) is 5.40. The van der Waals surface area contributed by atoms with Crippen molar-refractivity contribution in [1.29, 1.82) is 5.26 Å². The zero-order chi connectivity index (χ0) is 14.1. The van der Waals surface area contributed by atoms with E-state index in [4.69, 9.17) is 16.8 Å². The Hall–Kier alpha value is -1.84. The van der Waals surface area contributed by atoms with Gasteiger partial charge in [0.15, 0.2) is 0 Å². The van der Waals surface area contributed by atoms with Crippen molar-refractivity contribution < 1.29 is 9.50 Å². The van der Waals surface area contributed by atoms with Crippen molar-refractivity contribution >= 4 is 11.4 Å². The van der Waals surface area contributed by atoms with Crippen LogP contribution in [0.2, 0.25) is 0 Å². The lowest BCUT2D eigenvalue weighted by atomic mass is 10.0. The predicted molar refractivity (Wildman–Crippen MR) is 68.1 cm³/mol. The van der Waals surface area contributed by atoms with Crippen LogP contribution in [0.5, 0.6) is 0 Å². The van der Waals surface area contributed by atoms with Crippen molar-refractivity contribution in [3.05, 3.63) is 23.0 Å². The van der Waals surface area contributed by atoms with Gasteiger partial charge < -0.3 is 15.8 Å². The van der Waals surface area contributed by atoms with E-state index in [-0.39, 0.29) is 29.0 Å². The van der Waals surface area contributed by atoms with Crippen molar-refractivity contribution in [3.8, 4) is 6.07 Å². The first-order valence-electron chi connectivity index (χ1n) is 5.40. The van der Waals surface area contributed by atoms with Crippen molar-refractivity contribution in [1.82, 2.24) is 0 Å². The molecule has 1 aromatic carbocycles. The molecule has 0 unspecified atom stereocenters. The van der Waals surface area contributed by atoms with Crippen LogP contribution in [0.15, 0.2) is 6.07 Å². The fourth-order valence-corrected chi connectivity index (χ4v) is 1.72. The maximum absolute atomic E-state index is 13.8. The molecule has 0 aliphatic rings. The predicted octanol–water partition coefficient (Wildman–Crippen LogP) is 1.04. The molecule has 18 heavy (non-hydrogen) atoms. The Morgan fingerprint density at radius 1 is 1.56 bits per heavy atom.